The number of hydrogen-bond donors (Lipinski definition) is 2. The summed E-state index contributed by atoms with van der Waals surface area (Å²) in [5.74, 6) is 0.0872. The Labute approximate surface area is 368 Å². The zero-order valence-electron chi connectivity index (χ0n) is 31.4. The Morgan fingerprint density at radius 3 is 1.54 bits per heavy atom. The van der Waals surface area contributed by atoms with E-state index in [0.29, 0.717) is 50.2 Å². The maximum atomic E-state index is 13.2. The highest BCUT2D eigenvalue weighted by molar-refractivity contribution is 6.35. The summed E-state index contributed by atoms with van der Waals surface area (Å²) in [5.41, 5.74) is 3.41. The molecule has 313 valence electrons. The van der Waals surface area contributed by atoms with Crippen LogP contribution in [0.15, 0.2) is 109 Å². The molecule has 0 atom stereocenters. The number of nitrogens with zero attached hydrogens (tertiary/aromatic N) is 2. The van der Waals surface area contributed by atoms with Crippen molar-refractivity contribution in [3.63, 3.8) is 0 Å². The van der Waals surface area contributed by atoms with Gasteiger partial charge in [0.1, 0.15) is 11.6 Å². The van der Waals surface area contributed by atoms with Gasteiger partial charge in [0, 0.05) is 80.0 Å². The summed E-state index contributed by atoms with van der Waals surface area (Å²) in [7, 11) is 0. The summed E-state index contributed by atoms with van der Waals surface area (Å²) >= 11 is 24.5. The quantitative estimate of drug-likeness (QED) is 0.119. The molecule has 5 heterocycles. The molecule has 3 aliphatic heterocycles. The average Bonchev–Trinajstić information content (AvgIpc) is 3.97. The van der Waals surface area contributed by atoms with Gasteiger partial charge in [0.15, 0.2) is 23.0 Å². The number of amides is 1. The summed E-state index contributed by atoms with van der Waals surface area (Å²) in [6.07, 6.45) is -1.81. The smallest absolute Gasteiger partial charge is 0.395 e. The summed E-state index contributed by atoms with van der Waals surface area (Å²) in [6, 6.07) is 26.2. The van der Waals surface area contributed by atoms with Gasteiger partial charge in [-0.1, -0.05) is 76.7 Å². The first-order valence-corrected chi connectivity index (χ1v) is 19.5. The molecule has 0 saturated carbocycles. The fourth-order valence-electron chi connectivity index (χ4n) is 5.84. The van der Waals surface area contributed by atoms with Crippen LogP contribution in [0.3, 0.4) is 0 Å². The third-order valence-corrected chi connectivity index (χ3v) is 10.1. The molecule has 1 amide bonds. The minimum atomic E-state index is -3.73. The maximum absolute atomic E-state index is 13.2. The predicted molar refractivity (Wildman–Crippen MR) is 226 cm³/mol. The Balaban J connectivity index is 0.000000180. The molecular formula is C42H30BCl4F4N4O6. The summed E-state index contributed by atoms with van der Waals surface area (Å²) < 4.78 is 75.4. The molecule has 0 bridgehead atoms. The number of halogens is 8. The molecule has 10 nitrogen and oxygen atoms in total. The minimum Gasteiger partial charge on any atom is -0.395 e. The van der Waals surface area contributed by atoms with Crippen LogP contribution in [0.4, 0.5) is 29.2 Å². The average molecular weight is 915 g/mol. The van der Waals surface area contributed by atoms with Gasteiger partial charge in [-0.05, 0) is 73.0 Å². The van der Waals surface area contributed by atoms with E-state index in [0.717, 1.165) is 18.8 Å². The lowest BCUT2D eigenvalue weighted by atomic mass is 10.1. The number of alkyl halides is 4. The largest absolute Gasteiger partial charge is 0.586 e. The van der Waals surface area contributed by atoms with Gasteiger partial charge in [-0.2, -0.15) is 0 Å². The third-order valence-electron chi connectivity index (χ3n) is 8.74. The van der Waals surface area contributed by atoms with Crippen molar-refractivity contribution in [3.8, 4) is 45.3 Å². The molecule has 6 aromatic rings. The van der Waals surface area contributed by atoms with Crippen molar-refractivity contribution in [1.29, 1.82) is 0 Å². The molecule has 19 heteroatoms. The van der Waals surface area contributed by atoms with Crippen LogP contribution in [0.25, 0.3) is 22.3 Å². The maximum Gasteiger partial charge on any atom is 0.586 e. The zero-order valence-corrected chi connectivity index (χ0v) is 34.4. The van der Waals surface area contributed by atoms with Crippen LogP contribution in [-0.2, 0) is 11.3 Å². The van der Waals surface area contributed by atoms with Gasteiger partial charge in [0.05, 0.1) is 20.6 Å². The van der Waals surface area contributed by atoms with Gasteiger partial charge in [-0.25, -0.2) is 9.97 Å². The predicted octanol–water partition coefficient (Wildman–Crippen LogP) is 12.0. The van der Waals surface area contributed by atoms with Gasteiger partial charge in [0.2, 0.25) is 0 Å². The summed E-state index contributed by atoms with van der Waals surface area (Å²) in [5, 5.41) is 7.25. The summed E-state index contributed by atoms with van der Waals surface area (Å²) in [6.45, 7) is 2.52. The van der Waals surface area contributed by atoms with Crippen LogP contribution in [0, 0.1) is 0 Å². The van der Waals surface area contributed by atoms with Crippen molar-refractivity contribution in [1.82, 2.24) is 9.97 Å². The number of rotatable bonds is 7. The number of hydrogen-bond acceptors (Lipinski definition) is 9. The van der Waals surface area contributed by atoms with Crippen molar-refractivity contribution in [2.75, 3.05) is 23.8 Å². The van der Waals surface area contributed by atoms with Crippen LogP contribution in [0.2, 0.25) is 20.1 Å². The van der Waals surface area contributed by atoms with E-state index in [9.17, 15) is 22.4 Å². The van der Waals surface area contributed by atoms with Crippen molar-refractivity contribution in [2.45, 2.75) is 32.0 Å². The molecule has 3 aliphatic rings. The lowest BCUT2D eigenvalue weighted by molar-refractivity contribution is -0.287. The van der Waals surface area contributed by atoms with E-state index < -0.39 is 18.5 Å². The number of fused-ring (bicyclic) bond motifs is 2. The lowest BCUT2D eigenvalue weighted by Crippen LogP contribution is -2.25. The Kier molecular flexibility index (Phi) is 14.4. The van der Waals surface area contributed by atoms with Crippen molar-refractivity contribution < 1.29 is 46.0 Å². The van der Waals surface area contributed by atoms with Gasteiger partial charge in [-0.3, -0.25) is 4.79 Å². The van der Waals surface area contributed by atoms with E-state index in [4.69, 9.17) is 51.1 Å². The molecule has 1 fully saturated rings. The number of aromatic nitrogens is 2. The molecule has 0 spiro atoms. The van der Waals surface area contributed by atoms with E-state index >= 15 is 0 Å². The van der Waals surface area contributed by atoms with Gasteiger partial charge in [0.25, 0.3) is 5.91 Å². The SMILES string of the molecule is C1CCOC1.FC1(F)Oc2cc(Cl)c(-c3ccc(NCc4ccccc4Cl)nc3)cc2O1.O=C(Nc1ccc(-c2cc3c(cc2Cl)OC(F)(F)O3)cn1)c1ccccc1Cl.[B]. The topological polar surface area (TPSA) is 113 Å². The zero-order chi connectivity index (χ0) is 42.4. The van der Waals surface area contributed by atoms with E-state index in [1.165, 1.54) is 43.3 Å². The van der Waals surface area contributed by atoms with Crippen molar-refractivity contribution >= 4 is 72.4 Å². The number of pyridine rings is 2. The third kappa shape index (κ3) is 11.5. The van der Waals surface area contributed by atoms with E-state index in [2.05, 4.69) is 39.5 Å². The second-order valence-electron chi connectivity index (χ2n) is 13.0. The Morgan fingerprint density at radius 2 is 1.08 bits per heavy atom. The second kappa shape index (κ2) is 19.5. The lowest BCUT2D eigenvalue weighted by Gasteiger charge is -2.09. The van der Waals surface area contributed by atoms with Gasteiger partial charge in [-0.15, -0.1) is 17.6 Å². The Morgan fingerprint density at radius 1 is 0.607 bits per heavy atom. The normalized spacial score (nSPS) is 14.7. The molecule has 61 heavy (non-hydrogen) atoms. The highest BCUT2D eigenvalue weighted by Crippen LogP contribution is 2.47. The van der Waals surface area contributed by atoms with E-state index in [1.54, 1.807) is 54.7 Å². The molecule has 0 aliphatic carbocycles. The highest BCUT2D eigenvalue weighted by Gasteiger charge is 2.45. The number of ether oxygens (including phenoxy) is 5. The van der Waals surface area contributed by atoms with E-state index in [-0.39, 0.29) is 47.3 Å². The Hall–Kier alpha value is -5.45. The molecule has 0 unspecified atom stereocenters. The molecule has 2 aromatic heterocycles. The summed E-state index contributed by atoms with van der Waals surface area (Å²) in [4.78, 5) is 20.8. The molecule has 4 aromatic carbocycles. The number of carbonyl (C=O) groups excluding carboxylic acids is 1. The fourth-order valence-corrected chi connectivity index (χ4v) is 6.79. The number of anilines is 2. The molecule has 3 radical (unpaired) electrons. The van der Waals surface area contributed by atoms with Crippen molar-refractivity contribution in [2.24, 2.45) is 0 Å². The van der Waals surface area contributed by atoms with Crippen LogP contribution in [0.5, 0.6) is 23.0 Å². The number of nitrogens with one attached hydrogen (secondary N) is 2. The standard InChI is InChI=1S/C19H10Cl2F2N2O3.C19H12Cl2F2N2O2.C4H8O.B/c20-13-4-2-1-3-11(13)18(26)25-17-6-5-10(9-24-17)12-7-15-16(8-14(12)21)28-19(22,23)27-15;20-14-4-2-1-3-12(14)10-25-18-6-5-11(9-24-18)13-7-16-17(8-15(13)21)27-19(22,23)26-16;1-2-4-5-3-1;/h1-9H,(H,24,25,26);1-9H,10H2,(H,24,25);1-4H2;. The second-order valence-corrected chi connectivity index (χ2v) is 14.6. The molecular weight excluding hydrogens is 885 g/mol. The van der Waals surface area contributed by atoms with Crippen LogP contribution < -0.4 is 29.6 Å². The highest BCUT2D eigenvalue weighted by atomic mass is 35.5. The molecule has 2 N–H and O–H groups in total. The number of carbonyl (C=O) groups is 1. The molecule has 1 saturated heterocycles. The number of benzene rings is 4. The monoisotopic (exact) mass is 913 g/mol. The first-order chi connectivity index (χ1) is 28.7. The van der Waals surface area contributed by atoms with Gasteiger partial charge >= 0.3 is 12.6 Å². The minimum absolute atomic E-state index is 0. The Bertz CT molecular complexity index is 2500. The van der Waals surface area contributed by atoms with Crippen LogP contribution >= 0.6 is 46.4 Å². The van der Waals surface area contributed by atoms with Gasteiger partial charge < -0.3 is 34.3 Å². The fraction of sp³-hybridized carbons (Fsp3) is 0.167. The first kappa shape index (κ1) is 45.1. The van der Waals surface area contributed by atoms with Crippen LogP contribution in [-0.4, -0.2) is 50.1 Å². The first-order valence-electron chi connectivity index (χ1n) is 18.0. The van der Waals surface area contributed by atoms with Crippen molar-refractivity contribution in [3.05, 3.63) is 141 Å². The molecule has 9 rings (SSSR count). The van der Waals surface area contributed by atoms with E-state index in [1.807, 2.05) is 24.3 Å². The van der Waals surface area contributed by atoms with Crippen LogP contribution in [0.1, 0.15) is 28.8 Å².